The third kappa shape index (κ3) is 6.97. The maximum atomic E-state index is 12.3. The minimum absolute atomic E-state index is 0.0223. The number of aryl methyl sites for hydroxylation is 3. The van der Waals surface area contributed by atoms with Crippen LogP contribution in [0.4, 0.5) is 0 Å². The summed E-state index contributed by atoms with van der Waals surface area (Å²) in [6.45, 7) is 19.0. The van der Waals surface area contributed by atoms with Crippen LogP contribution in [0.25, 0.3) is 0 Å². The number of allylic oxidation sites excluding steroid dienone is 1. The zero-order valence-corrected chi connectivity index (χ0v) is 20.2. The first kappa shape index (κ1) is 25.2. The lowest BCUT2D eigenvalue weighted by Crippen LogP contribution is -2.62. The quantitative estimate of drug-likeness (QED) is 0.256. The zero-order valence-electron chi connectivity index (χ0n) is 20.2. The molecule has 2 rings (SSSR count). The van der Waals surface area contributed by atoms with E-state index in [2.05, 4.69) is 39.2 Å². The van der Waals surface area contributed by atoms with Gasteiger partial charge in [0, 0.05) is 24.0 Å². The third-order valence-electron chi connectivity index (χ3n) is 5.94. The molecule has 0 atom stereocenters. The van der Waals surface area contributed by atoms with Crippen LogP contribution < -0.4 is 0 Å². The summed E-state index contributed by atoms with van der Waals surface area (Å²) in [6.07, 6.45) is 2.31. The van der Waals surface area contributed by atoms with Gasteiger partial charge in [-0.05, 0) is 78.9 Å². The Morgan fingerprint density at radius 3 is 2.39 bits per heavy atom. The Labute approximate surface area is 187 Å². The summed E-state index contributed by atoms with van der Waals surface area (Å²) >= 11 is 0. The van der Waals surface area contributed by atoms with E-state index in [4.69, 9.17) is 14.5 Å². The maximum absolute atomic E-state index is 12.3. The molecule has 0 aliphatic carbocycles. The van der Waals surface area contributed by atoms with Gasteiger partial charge in [0.15, 0.2) is 0 Å². The van der Waals surface area contributed by atoms with Crippen LogP contribution in [0.15, 0.2) is 24.5 Å². The first-order valence-electron chi connectivity index (χ1n) is 11.0. The fourth-order valence-electron chi connectivity index (χ4n) is 4.85. The van der Waals surface area contributed by atoms with Gasteiger partial charge in [-0.15, -0.1) is 0 Å². The Morgan fingerprint density at radius 2 is 1.81 bits per heavy atom. The van der Waals surface area contributed by atoms with Gasteiger partial charge < -0.3 is 14.7 Å². The van der Waals surface area contributed by atoms with Crippen LogP contribution >= 0.6 is 0 Å². The van der Waals surface area contributed by atoms with Crippen LogP contribution in [0.1, 0.15) is 70.6 Å². The fraction of sp³-hybridized carbons (Fsp3) is 0.640. The van der Waals surface area contributed by atoms with Crippen molar-refractivity contribution in [3.63, 3.8) is 0 Å². The number of benzene rings is 1. The number of likely N-dealkylation sites (tertiary alicyclic amines) is 1. The molecule has 1 aliphatic rings. The number of aromatic hydroxyl groups is 1. The SMILES string of the molecule is C=C(C)OOC1CC(C)(C)N(CCOC(=O)CCc2cc(C)cc(C)c2O)C(C)(C)C1. The molecule has 0 aromatic heterocycles. The molecule has 1 aromatic rings. The lowest BCUT2D eigenvalue weighted by molar-refractivity contribution is -0.314. The van der Waals surface area contributed by atoms with Crippen LogP contribution in [0, 0.1) is 13.8 Å². The van der Waals surface area contributed by atoms with Crippen LogP contribution in [0.5, 0.6) is 5.75 Å². The second-order valence-corrected chi connectivity index (χ2v) is 10.00. The van der Waals surface area contributed by atoms with Crippen molar-refractivity contribution in [2.75, 3.05) is 13.2 Å². The summed E-state index contributed by atoms with van der Waals surface area (Å²) in [5, 5.41) is 10.2. The third-order valence-corrected chi connectivity index (χ3v) is 5.94. The van der Waals surface area contributed by atoms with Crippen LogP contribution in [-0.4, -0.2) is 46.3 Å². The highest BCUT2D eigenvalue weighted by Crippen LogP contribution is 2.39. The molecule has 1 aliphatic heterocycles. The number of phenolic OH excluding ortho intramolecular Hbond substituents is 1. The van der Waals surface area contributed by atoms with Crippen molar-refractivity contribution in [3.8, 4) is 5.75 Å². The van der Waals surface area contributed by atoms with Crippen LogP contribution in [0.3, 0.4) is 0 Å². The standard InChI is InChI=1S/C25H39NO5/c1-17(2)30-31-21-15-24(5,6)26(25(7,8)16-21)11-12-29-22(27)10-9-20-14-18(3)13-19(4)23(20)28/h13-14,21,28H,1,9-12,15-16H2,2-8H3. The molecular formula is C25H39NO5. The highest BCUT2D eigenvalue weighted by Gasteiger charge is 2.46. The number of hydrogen-bond acceptors (Lipinski definition) is 6. The number of carbonyl (C=O) groups is 1. The van der Waals surface area contributed by atoms with Crippen molar-refractivity contribution >= 4 is 5.97 Å². The number of esters is 1. The van der Waals surface area contributed by atoms with Crippen molar-refractivity contribution in [2.45, 2.75) is 91.3 Å². The average molecular weight is 434 g/mol. The highest BCUT2D eigenvalue weighted by molar-refractivity contribution is 5.70. The van der Waals surface area contributed by atoms with Crippen molar-refractivity contribution in [3.05, 3.63) is 41.2 Å². The molecule has 1 saturated heterocycles. The van der Waals surface area contributed by atoms with Gasteiger partial charge in [-0.1, -0.05) is 24.3 Å². The van der Waals surface area contributed by atoms with Crippen LogP contribution in [-0.2, 0) is 25.7 Å². The molecule has 1 N–H and O–H groups in total. The van der Waals surface area contributed by atoms with E-state index < -0.39 is 0 Å². The molecule has 1 aromatic carbocycles. The van der Waals surface area contributed by atoms with E-state index in [-0.39, 0.29) is 35.3 Å². The molecule has 6 heteroatoms. The molecule has 0 bridgehead atoms. The molecule has 174 valence electrons. The molecule has 1 fully saturated rings. The van der Waals surface area contributed by atoms with Gasteiger partial charge in [0.05, 0.1) is 0 Å². The second-order valence-electron chi connectivity index (χ2n) is 10.00. The topological polar surface area (TPSA) is 68.2 Å². The number of ether oxygens (including phenoxy) is 1. The van der Waals surface area contributed by atoms with E-state index in [1.54, 1.807) is 6.92 Å². The molecule has 0 saturated carbocycles. The Bertz CT molecular complexity index is 781. The Balaban J connectivity index is 1.86. The number of carbonyl (C=O) groups excluding carboxylic acids is 1. The van der Waals surface area contributed by atoms with Gasteiger partial charge in [0.1, 0.15) is 24.2 Å². The average Bonchev–Trinajstić information content (AvgIpc) is 2.63. The Morgan fingerprint density at radius 1 is 1.19 bits per heavy atom. The summed E-state index contributed by atoms with van der Waals surface area (Å²) < 4.78 is 5.53. The van der Waals surface area contributed by atoms with E-state index in [1.807, 2.05) is 26.0 Å². The van der Waals surface area contributed by atoms with E-state index >= 15 is 0 Å². The van der Waals surface area contributed by atoms with Gasteiger partial charge >= 0.3 is 5.97 Å². The number of nitrogens with zero attached hydrogens (tertiary/aromatic N) is 1. The van der Waals surface area contributed by atoms with E-state index in [9.17, 15) is 9.90 Å². The summed E-state index contributed by atoms with van der Waals surface area (Å²) in [6, 6.07) is 3.85. The van der Waals surface area contributed by atoms with Gasteiger partial charge in [-0.3, -0.25) is 9.69 Å². The van der Waals surface area contributed by atoms with Gasteiger partial charge in [0.2, 0.25) is 0 Å². The monoisotopic (exact) mass is 433 g/mol. The molecule has 0 amide bonds. The largest absolute Gasteiger partial charge is 0.507 e. The normalized spacial score (nSPS) is 18.5. The lowest BCUT2D eigenvalue weighted by atomic mass is 9.78. The fourth-order valence-corrected chi connectivity index (χ4v) is 4.85. The zero-order chi connectivity index (χ0) is 23.4. The minimum Gasteiger partial charge on any atom is -0.507 e. The van der Waals surface area contributed by atoms with Gasteiger partial charge in [-0.25, -0.2) is 0 Å². The molecular weight excluding hydrogens is 394 g/mol. The van der Waals surface area contributed by atoms with Crippen molar-refractivity contribution in [1.29, 1.82) is 0 Å². The number of phenols is 1. The molecule has 1 heterocycles. The number of piperidine rings is 1. The van der Waals surface area contributed by atoms with Gasteiger partial charge in [-0.2, -0.15) is 4.89 Å². The number of hydrogen-bond donors (Lipinski definition) is 1. The minimum atomic E-state index is -0.248. The summed E-state index contributed by atoms with van der Waals surface area (Å²) in [5.41, 5.74) is 2.42. The molecule has 0 unspecified atom stereocenters. The van der Waals surface area contributed by atoms with E-state index in [1.165, 1.54) is 0 Å². The lowest BCUT2D eigenvalue weighted by Gasteiger charge is -2.54. The highest BCUT2D eigenvalue weighted by atomic mass is 17.2. The summed E-state index contributed by atoms with van der Waals surface area (Å²) in [4.78, 5) is 25.5. The van der Waals surface area contributed by atoms with Gasteiger partial charge in [0.25, 0.3) is 0 Å². The summed E-state index contributed by atoms with van der Waals surface area (Å²) in [7, 11) is 0. The molecule has 31 heavy (non-hydrogen) atoms. The first-order valence-corrected chi connectivity index (χ1v) is 11.0. The predicted molar refractivity (Wildman–Crippen MR) is 122 cm³/mol. The predicted octanol–water partition coefficient (Wildman–Crippen LogP) is 4.99. The van der Waals surface area contributed by atoms with E-state index in [0.717, 1.165) is 29.5 Å². The molecule has 0 radical (unpaired) electrons. The Hall–Kier alpha value is -2.05. The van der Waals surface area contributed by atoms with Crippen molar-refractivity contribution in [2.24, 2.45) is 0 Å². The smallest absolute Gasteiger partial charge is 0.306 e. The number of rotatable bonds is 9. The van der Waals surface area contributed by atoms with Crippen molar-refractivity contribution < 1.29 is 24.4 Å². The second kappa shape index (κ2) is 10.0. The molecule has 6 nitrogen and oxygen atoms in total. The van der Waals surface area contributed by atoms with Crippen LogP contribution in [0.2, 0.25) is 0 Å². The molecule has 0 spiro atoms. The summed E-state index contributed by atoms with van der Waals surface area (Å²) in [5.74, 6) is 0.559. The van der Waals surface area contributed by atoms with E-state index in [0.29, 0.717) is 25.3 Å². The van der Waals surface area contributed by atoms with Crippen molar-refractivity contribution in [1.82, 2.24) is 4.90 Å². The maximum Gasteiger partial charge on any atom is 0.306 e. The first-order chi connectivity index (χ1) is 14.3. The Kier molecular flexibility index (Phi) is 8.17.